The number of rotatable bonds is 5. The molecule has 2 aliphatic heterocycles. The summed E-state index contributed by atoms with van der Waals surface area (Å²) in [5.41, 5.74) is 2.86. The topological polar surface area (TPSA) is 85.3 Å². The van der Waals surface area contributed by atoms with E-state index in [2.05, 4.69) is 33.9 Å². The van der Waals surface area contributed by atoms with E-state index in [1.54, 1.807) is 16.4 Å². The van der Waals surface area contributed by atoms with Gasteiger partial charge in [0.2, 0.25) is 16.8 Å². The van der Waals surface area contributed by atoms with Gasteiger partial charge in [-0.05, 0) is 66.9 Å². The summed E-state index contributed by atoms with van der Waals surface area (Å²) in [5, 5.41) is 11.2. The number of fused-ring (bicyclic) bond motifs is 2. The molecule has 2 heterocycles. The van der Waals surface area contributed by atoms with Gasteiger partial charge in [-0.25, -0.2) is 8.42 Å². The largest absolute Gasteiger partial charge is 0.454 e. The minimum Gasteiger partial charge on any atom is -0.454 e. The molecule has 1 N–H and O–H groups in total. The van der Waals surface area contributed by atoms with Gasteiger partial charge in [0.15, 0.2) is 19.8 Å². The van der Waals surface area contributed by atoms with Crippen LogP contribution in [0.5, 0.6) is 11.5 Å². The maximum absolute atomic E-state index is 14.0. The Balaban J connectivity index is 1.55. The molecular weight excluding hydrogens is 506 g/mol. The van der Waals surface area contributed by atoms with Crippen molar-refractivity contribution in [1.82, 2.24) is 4.31 Å². The molecule has 1 saturated heterocycles. The van der Waals surface area contributed by atoms with Gasteiger partial charge in [0.05, 0.1) is 17.1 Å². The molecule has 9 heteroatoms. The molecule has 0 aromatic heterocycles. The summed E-state index contributed by atoms with van der Waals surface area (Å²) in [6.07, 6.45) is 0.970. The van der Waals surface area contributed by atoms with Gasteiger partial charge in [-0.1, -0.05) is 50.6 Å². The Morgan fingerprint density at radius 1 is 1.05 bits per heavy atom. The lowest BCUT2D eigenvalue weighted by molar-refractivity contribution is 0.0358. The second kappa shape index (κ2) is 9.23. The molecule has 0 amide bonds. The van der Waals surface area contributed by atoms with E-state index in [-0.39, 0.29) is 29.2 Å². The van der Waals surface area contributed by atoms with Crippen LogP contribution < -0.4 is 9.47 Å². The van der Waals surface area contributed by atoms with E-state index in [1.165, 1.54) is 0 Å². The van der Waals surface area contributed by atoms with Crippen molar-refractivity contribution >= 4 is 18.3 Å². The standard InChI is InChI=1S/C28H37NO6SSi/c1-18-7-10-20(11-8-18)36(31,32)29-16-22(19-9-12-25-27(13-19)34-17-33-25)21-14-24(30)26(15-23(21)29)35-37(5,6)28(2,3)4/h7-14,22-24,26,30H,15-17H2,1-6H3/t22-,23+,24+,26-/m0/s1. The van der Waals surface area contributed by atoms with Crippen LogP contribution in [-0.2, 0) is 14.4 Å². The van der Waals surface area contributed by atoms with E-state index < -0.39 is 36.6 Å². The minimum absolute atomic E-state index is 0.0327. The van der Waals surface area contributed by atoms with Gasteiger partial charge < -0.3 is 19.0 Å². The van der Waals surface area contributed by atoms with Crippen LogP contribution in [-0.4, -0.2) is 57.7 Å². The SMILES string of the molecule is Cc1ccc(S(=O)(=O)N2C[C@@H](c3ccc4c(c3)OCO4)C3=C[C@@H](O)[C@@H](O[Si](C)(C)C(C)(C)C)C[C@H]32)cc1. The highest BCUT2D eigenvalue weighted by molar-refractivity contribution is 7.89. The van der Waals surface area contributed by atoms with E-state index >= 15 is 0 Å². The van der Waals surface area contributed by atoms with Crippen molar-refractivity contribution < 1.29 is 27.4 Å². The predicted octanol–water partition coefficient (Wildman–Crippen LogP) is 4.96. The number of benzene rings is 2. The van der Waals surface area contributed by atoms with Crippen molar-refractivity contribution in [2.45, 2.75) is 81.3 Å². The Hall–Kier alpha value is -2.17. The van der Waals surface area contributed by atoms with Crippen LogP contribution in [0.3, 0.4) is 0 Å². The number of aryl methyl sites for hydroxylation is 1. The summed E-state index contributed by atoms with van der Waals surface area (Å²) in [6, 6.07) is 12.3. The molecule has 37 heavy (non-hydrogen) atoms. The maximum atomic E-state index is 14.0. The molecule has 0 unspecified atom stereocenters. The van der Waals surface area contributed by atoms with Crippen molar-refractivity contribution in [2.75, 3.05) is 13.3 Å². The Bertz CT molecular complexity index is 1320. The summed E-state index contributed by atoms with van der Waals surface area (Å²) in [4.78, 5) is 0.275. The van der Waals surface area contributed by atoms with E-state index in [4.69, 9.17) is 13.9 Å². The first-order valence-corrected chi connectivity index (χ1v) is 17.2. The van der Waals surface area contributed by atoms with Crippen molar-refractivity contribution in [3.63, 3.8) is 0 Å². The van der Waals surface area contributed by atoms with Crippen molar-refractivity contribution in [3.8, 4) is 11.5 Å². The smallest absolute Gasteiger partial charge is 0.243 e. The first-order chi connectivity index (χ1) is 17.3. The summed E-state index contributed by atoms with van der Waals surface area (Å²) < 4.78 is 47.2. The Labute approximate surface area is 221 Å². The maximum Gasteiger partial charge on any atom is 0.243 e. The van der Waals surface area contributed by atoms with E-state index in [0.717, 1.165) is 16.7 Å². The van der Waals surface area contributed by atoms with Crippen LogP contribution in [0.4, 0.5) is 0 Å². The fourth-order valence-corrected chi connectivity index (χ4v) is 8.15. The average molecular weight is 544 g/mol. The molecule has 200 valence electrons. The van der Waals surface area contributed by atoms with Gasteiger partial charge in [-0.2, -0.15) is 4.31 Å². The first-order valence-electron chi connectivity index (χ1n) is 12.8. The quantitative estimate of drug-likeness (QED) is 0.424. The molecule has 0 bridgehead atoms. The highest BCUT2D eigenvalue weighted by atomic mass is 32.2. The van der Waals surface area contributed by atoms with Crippen LogP contribution in [0.1, 0.15) is 44.2 Å². The number of sulfonamides is 1. The Morgan fingerprint density at radius 2 is 1.73 bits per heavy atom. The molecule has 0 saturated carbocycles. The fourth-order valence-electron chi connectivity index (χ4n) is 5.17. The van der Waals surface area contributed by atoms with Gasteiger partial charge in [0.1, 0.15) is 0 Å². The van der Waals surface area contributed by atoms with Crippen molar-refractivity contribution in [1.29, 1.82) is 0 Å². The molecular formula is C28H37NO6SSi. The molecule has 5 rings (SSSR count). The first kappa shape index (κ1) is 26.4. The summed E-state index contributed by atoms with van der Waals surface area (Å²) in [6.45, 7) is 13.2. The summed E-state index contributed by atoms with van der Waals surface area (Å²) in [5.74, 6) is 1.14. The summed E-state index contributed by atoms with van der Waals surface area (Å²) in [7, 11) is -5.98. The third-order valence-corrected chi connectivity index (χ3v) is 14.8. The number of aliphatic hydroxyl groups is 1. The number of hydrogen-bond donors (Lipinski definition) is 1. The van der Waals surface area contributed by atoms with Gasteiger partial charge >= 0.3 is 0 Å². The van der Waals surface area contributed by atoms with E-state index in [1.807, 2.05) is 43.3 Å². The third-order valence-electron chi connectivity index (χ3n) is 8.38. The normalized spacial score (nSPS) is 26.2. The monoisotopic (exact) mass is 543 g/mol. The van der Waals surface area contributed by atoms with Crippen LogP contribution in [0.2, 0.25) is 18.1 Å². The van der Waals surface area contributed by atoms with Crippen molar-refractivity contribution in [3.05, 3.63) is 65.2 Å². The van der Waals surface area contributed by atoms with Gasteiger partial charge in [0.25, 0.3) is 0 Å². The fraction of sp³-hybridized carbons (Fsp3) is 0.500. The number of hydrogen-bond acceptors (Lipinski definition) is 6. The lowest BCUT2D eigenvalue weighted by Crippen LogP contribution is -2.50. The van der Waals surface area contributed by atoms with Crippen LogP contribution in [0.15, 0.2) is 59.0 Å². The molecule has 0 radical (unpaired) electrons. The molecule has 3 aliphatic rings. The van der Waals surface area contributed by atoms with E-state index in [9.17, 15) is 13.5 Å². The zero-order valence-electron chi connectivity index (χ0n) is 22.4. The van der Waals surface area contributed by atoms with Crippen LogP contribution in [0, 0.1) is 6.92 Å². The zero-order valence-corrected chi connectivity index (χ0v) is 24.2. The third kappa shape index (κ3) is 4.76. The number of aliphatic hydroxyl groups excluding tert-OH is 1. The van der Waals surface area contributed by atoms with Gasteiger partial charge in [-0.15, -0.1) is 0 Å². The van der Waals surface area contributed by atoms with Crippen molar-refractivity contribution in [2.24, 2.45) is 0 Å². The zero-order chi connectivity index (χ0) is 26.8. The van der Waals surface area contributed by atoms with Crippen LogP contribution in [0.25, 0.3) is 0 Å². The van der Waals surface area contributed by atoms with Gasteiger partial charge in [0, 0.05) is 18.5 Å². The second-order valence-corrected chi connectivity index (χ2v) is 18.5. The lowest BCUT2D eigenvalue weighted by Gasteiger charge is -2.43. The second-order valence-electron chi connectivity index (χ2n) is 11.9. The number of ether oxygens (including phenoxy) is 2. The molecule has 2 aromatic rings. The average Bonchev–Trinajstić information content (AvgIpc) is 3.43. The van der Waals surface area contributed by atoms with Gasteiger partial charge in [-0.3, -0.25) is 0 Å². The Morgan fingerprint density at radius 3 is 2.41 bits per heavy atom. The Kier molecular flexibility index (Phi) is 6.60. The molecule has 1 aliphatic carbocycles. The minimum atomic E-state index is -3.78. The molecule has 1 fully saturated rings. The van der Waals surface area contributed by atoms with E-state index in [0.29, 0.717) is 17.9 Å². The highest BCUT2D eigenvalue weighted by Crippen LogP contribution is 2.47. The number of nitrogens with zero attached hydrogens (tertiary/aromatic N) is 1. The van der Waals surface area contributed by atoms with Crippen LogP contribution >= 0.6 is 0 Å². The summed E-state index contributed by atoms with van der Waals surface area (Å²) >= 11 is 0. The molecule has 7 nitrogen and oxygen atoms in total. The molecule has 4 atom stereocenters. The predicted molar refractivity (Wildman–Crippen MR) is 145 cm³/mol. The lowest BCUT2D eigenvalue weighted by atomic mass is 9.83. The molecule has 2 aromatic carbocycles. The molecule has 0 spiro atoms. The highest BCUT2D eigenvalue weighted by Gasteiger charge is 2.50.